The molecule has 9 heteroatoms. The summed E-state index contributed by atoms with van der Waals surface area (Å²) in [6, 6.07) is 4.11. The van der Waals surface area contributed by atoms with Gasteiger partial charge in [0, 0.05) is 24.6 Å². The molecule has 2 atom stereocenters. The van der Waals surface area contributed by atoms with Crippen LogP contribution in [0.1, 0.15) is 57.7 Å². The molecule has 1 aromatic heterocycles. The molecule has 2 fully saturated rings. The summed E-state index contributed by atoms with van der Waals surface area (Å²) < 4.78 is 0. The molecule has 1 aromatic carbocycles. The number of thiazole rings is 1. The molecule has 8 nitrogen and oxygen atoms in total. The molecule has 0 unspecified atom stereocenters. The number of benzene rings is 1. The molecule has 2 aliphatic rings. The number of phenols is 1. The van der Waals surface area contributed by atoms with Gasteiger partial charge >= 0.3 is 0 Å². The summed E-state index contributed by atoms with van der Waals surface area (Å²) in [5, 5.41) is 16.4. The van der Waals surface area contributed by atoms with Crippen molar-refractivity contribution >= 4 is 29.1 Å². The van der Waals surface area contributed by atoms with E-state index >= 15 is 0 Å². The van der Waals surface area contributed by atoms with E-state index in [1.165, 1.54) is 11.3 Å². The number of aryl methyl sites for hydroxylation is 1. The van der Waals surface area contributed by atoms with Gasteiger partial charge in [-0.15, -0.1) is 11.3 Å². The highest BCUT2D eigenvalue weighted by Crippen LogP contribution is 2.32. The van der Waals surface area contributed by atoms with E-state index in [4.69, 9.17) is 0 Å². The first-order chi connectivity index (χ1) is 16.6. The first-order valence-electron chi connectivity index (χ1n) is 12.2. The monoisotopic (exact) mass is 498 g/mol. The smallest absolute Gasteiger partial charge is 0.246 e. The van der Waals surface area contributed by atoms with E-state index in [0.29, 0.717) is 18.5 Å². The molecule has 35 heavy (non-hydrogen) atoms. The fourth-order valence-electron chi connectivity index (χ4n) is 4.46. The van der Waals surface area contributed by atoms with Crippen molar-refractivity contribution in [2.24, 2.45) is 11.3 Å². The molecule has 0 bridgehead atoms. The predicted octanol–water partition coefficient (Wildman–Crippen LogP) is 3.37. The Labute approximate surface area is 210 Å². The second-order valence-electron chi connectivity index (χ2n) is 10.6. The molecular formula is C26H34N4O4S. The molecule has 0 spiro atoms. The van der Waals surface area contributed by atoms with Crippen molar-refractivity contribution in [3.8, 4) is 16.2 Å². The predicted molar refractivity (Wildman–Crippen MR) is 135 cm³/mol. The van der Waals surface area contributed by atoms with E-state index in [1.54, 1.807) is 22.5 Å². The van der Waals surface area contributed by atoms with Crippen LogP contribution in [0, 0.1) is 18.3 Å². The lowest BCUT2D eigenvalue weighted by molar-refractivity contribution is -0.144. The van der Waals surface area contributed by atoms with Gasteiger partial charge < -0.3 is 20.6 Å². The van der Waals surface area contributed by atoms with Crippen LogP contribution < -0.4 is 10.6 Å². The first kappa shape index (κ1) is 25.2. The quantitative estimate of drug-likeness (QED) is 0.542. The van der Waals surface area contributed by atoms with E-state index in [1.807, 2.05) is 33.8 Å². The third-order valence-electron chi connectivity index (χ3n) is 6.73. The molecule has 0 radical (unpaired) electrons. The van der Waals surface area contributed by atoms with Gasteiger partial charge in [0.25, 0.3) is 0 Å². The topological polar surface area (TPSA) is 112 Å². The second-order valence-corrected chi connectivity index (χ2v) is 11.5. The van der Waals surface area contributed by atoms with Crippen molar-refractivity contribution in [2.45, 2.75) is 72.0 Å². The van der Waals surface area contributed by atoms with Crippen LogP contribution in [0.5, 0.6) is 5.75 Å². The largest absolute Gasteiger partial charge is 0.508 e. The van der Waals surface area contributed by atoms with Crippen LogP contribution in [0.3, 0.4) is 0 Å². The lowest BCUT2D eigenvalue weighted by Crippen LogP contribution is -2.57. The highest BCUT2D eigenvalue weighted by Gasteiger charge is 2.43. The van der Waals surface area contributed by atoms with Crippen molar-refractivity contribution in [1.29, 1.82) is 0 Å². The minimum absolute atomic E-state index is 0.00406. The van der Waals surface area contributed by atoms with Crippen LogP contribution in [0.15, 0.2) is 23.7 Å². The number of carbonyl (C=O) groups excluding carboxylic acids is 3. The van der Waals surface area contributed by atoms with Gasteiger partial charge in [0.15, 0.2) is 0 Å². The lowest BCUT2D eigenvalue weighted by Gasteiger charge is -2.35. The van der Waals surface area contributed by atoms with Crippen molar-refractivity contribution < 1.29 is 19.5 Å². The van der Waals surface area contributed by atoms with Crippen molar-refractivity contribution in [1.82, 2.24) is 20.5 Å². The molecule has 1 saturated heterocycles. The molecule has 4 rings (SSSR count). The third kappa shape index (κ3) is 5.66. The number of amides is 3. The second kappa shape index (κ2) is 9.97. The molecule has 3 N–H and O–H groups in total. The van der Waals surface area contributed by atoms with Crippen LogP contribution >= 0.6 is 11.3 Å². The van der Waals surface area contributed by atoms with Gasteiger partial charge in [-0.05, 0) is 49.7 Å². The number of aromatic hydroxyl groups is 1. The molecule has 3 amide bonds. The fraction of sp³-hybridized carbons (Fsp3) is 0.538. The Bertz CT molecular complexity index is 1120. The number of carbonyl (C=O) groups is 3. The highest BCUT2D eigenvalue weighted by atomic mass is 32.1. The zero-order valence-corrected chi connectivity index (χ0v) is 21.6. The zero-order valence-electron chi connectivity index (χ0n) is 20.8. The summed E-state index contributed by atoms with van der Waals surface area (Å²) in [6.07, 6.45) is 3.03. The fourth-order valence-corrected chi connectivity index (χ4v) is 5.26. The number of rotatable bonds is 7. The molecule has 1 aliphatic heterocycles. The van der Waals surface area contributed by atoms with Crippen LogP contribution in [-0.4, -0.2) is 51.3 Å². The minimum atomic E-state index is -0.684. The van der Waals surface area contributed by atoms with Gasteiger partial charge in [0.2, 0.25) is 17.7 Å². The first-order valence-corrected chi connectivity index (χ1v) is 13.0. The van der Waals surface area contributed by atoms with Gasteiger partial charge in [-0.1, -0.05) is 32.9 Å². The standard InChI is InChI=1S/C26H34N4O4S/c1-15-21(35-14-28-15)17-9-10-18(20(31)12-17)13-27-24(33)19-6-5-11-30(19)25(34)22(26(2,3)4)29-23(32)16-7-8-16/h9-10,12,14,16,19,22,31H,5-8,11,13H2,1-4H3,(H,27,33)(H,29,32)/t19-,22+/m0/s1. The summed E-state index contributed by atoms with van der Waals surface area (Å²) in [4.78, 5) is 45.8. The van der Waals surface area contributed by atoms with E-state index in [9.17, 15) is 19.5 Å². The number of nitrogens with one attached hydrogen (secondary N) is 2. The van der Waals surface area contributed by atoms with Gasteiger partial charge in [-0.2, -0.15) is 0 Å². The summed E-state index contributed by atoms with van der Waals surface area (Å²) in [5.74, 6) is -0.434. The molecule has 1 aliphatic carbocycles. The molecule has 2 aromatic rings. The zero-order chi connectivity index (χ0) is 25.3. The van der Waals surface area contributed by atoms with E-state index in [0.717, 1.165) is 35.4 Å². The SMILES string of the molecule is Cc1ncsc1-c1ccc(CNC(=O)[C@@H]2CCCN2C(=O)[C@@H](NC(=O)C2CC2)C(C)(C)C)c(O)c1. The number of hydrogen-bond donors (Lipinski definition) is 3. The van der Waals surface area contributed by atoms with Gasteiger partial charge in [-0.3, -0.25) is 14.4 Å². The summed E-state index contributed by atoms with van der Waals surface area (Å²) in [6.45, 7) is 8.34. The number of hydrogen-bond acceptors (Lipinski definition) is 6. The molecule has 2 heterocycles. The maximum atomic E-state index is 13.5. The van der Waals surface area contributed by atoms with Gasteiger partial charge in [-0.25, -0.2) is 4.98 Å². The Hall–Kier alpha value is -2.94. The van der Waals surface area contributed by atoms with E-state index in [-0.39, 0.29) is 35.9 Å². The normalized spacial score (nSPS) is 18.9. The van der Waals surface area contributed by atoms with Gasteiger partial charge in [0.1, 0.15) is 17.8 Å². The highest BCUT2D eigenvalue weighted by molar-refractivity contribution is 7.13. The van der Waals surface area contributed by atoms with Gasteiger partial charge in [0.05, 0.1) is 16.1 Å². The summed E-state index contributed by atoms with van der Waals surface area (Å²) in [7, 11) is 0. The summed E-state index contributed by atoms with van der Waals surface area (Å²) in [5.41, 5.74) is 3.68. The summed E-state index contributed by atoms with van der Waals surface area (Å²) >= 11 is 1.51. The van der Waals surface area contributed by atoms with Crippen LogP contribution in [-0.2, 0) is 20.9 Å². The molecular weight excluding hydrogens is 464 g/mol. The van der Waals surface area contributed by atoms with Crippen molar-refractivity contribution in [2.75, 3.05) is 6.54 Å². The Balaban J connectivity index is 1.41. The maximum absolute atomic E-state index is 13.5. The van der Waals surface area contributed by atoms with Crippen LogP contribution in [0.2, 0.25) is 0 Å². The van der Waals surface area contributed by atoms with E-state index in [2.05, 4.69) is 15.6 Å². The average Bonchev–Trinajstić information content (AvgIpc) is 3.38. The minimum Gasteiger partial charge on any atom is -0.508 e. The number of likely N-dealkylation sites (tertiary alicyclic amines) is 1. The van der Waals surface area contributed by atoms with Crippen molar-refractivity contribution in [3.63, 3.8) is 0 Å². The lowest BCUT2D eigenvalue weighted by atomic mass is 9.85. The Morgan fingerprint density at radius 2 is 1.94 bits per heavy atom. The van der Waals surface area contributed by atoms with Crippen LogP contribution in [0.4, 0.5) is 0 Å². The van der Waals surface area contributed by atoms with Crippen LogP contribution in [0.25, 0.3) is 10.4 Å². The number of nitrogens with zero attached hydrogens (tertiary/aromatic N) is 2. The maximum Gasteiger partial charge on any atom is 0.246 e. The molecule has 188 valence electrons. The Kier molecular flexibility index (Phi) is 7.17. The van der Waals surface area contributed by atoms with E-state index < -0.39 is 17.5 Å². The average molecular weight is 499 g/mol. The number of aromatic nitrogens is 1. The number of phenolic OH excluding ortho intramolecular Hbond substituents is 1. The molecule has 1 saturated carbocycles. The Morgan fingerprint density at radius 1 is 1.20 bits per heavy atom. The van der Waals surface area contributed by atoms with Crippen molar-refractivity contribution in [3.05, 3.63) is 35.0 Å². The third-order valence-corrected chi connectivity index (χ3v) is 7.71. The Morgan fingerprint density at radius 3 is 2.54 bits per heavy atom.